The van der Waals surface area contributed by atoms with Crippen molar-refractivity contribution in [1.82, 2.24) is 0 Å². The van der Waals surface area contributed by atoms with Crippen LogP contribution in [0.5, 0.6) is 0 Å². The number of carbonyl (C=O) groups excluding carboxylic acids is 2. The largest absolute Gasteiger partial charge is 0.330 e. The van der Waals surface area contributed by atoms with E-state index in [2.05, 4.69) is 0 Å². The van der Waals surface area contributed by atoms with E-state index in [0.717, 1.165) is 17.7 Å². The molecular formula is C14H18N2O2. The van der Waals surface area contributed by atoms with Crippen LogP contribution in [0.4, 0.5) is 5.69 Å². The van der Waals surface area contributed by atoms with Crippen LogP contribution in [-0.4, -0.2) is 24.3 Å². The van der Waals surface area contributed by atoms with E-state index in [0.29, 0.717) is 18.5 Å². The first-order valence-corrected chi connectivity index (χ1v) is 6.20. The second-order valence-electron chi connectivity index (χ2n) is 4.75. The first-order valence-electron chi connectivity index (χ1n) is 6.20. The van der Waals surface area contributed by atoms with E-state index in [4.69, 9.17) is 5.73 Å². The number of hydrogen-bond acceptors (Lipinski definition) is 3. The molecule has 2 N–H and O–H groups in total. The van der Waals surface area contributed by atoms with Gasteiger partial charge in [-0.3, -0.25) is 9.59 Å². The molecule has 1 heterocycles. The monoisotopic (exact) mass is 246 g/mol. The number of ketones is 1. The van der Waals surface area contributed by atoms with Gasteiger partial charge in [-0.2, -0.15) is 0 Å². The average Bonchev–Trinajstić information content (AvgIpc) is 2.63. The molecule has 96 valence electrons. The molecule has 0 aliphatic carbocycles. The topological polar surface area (TPSA) is 63.4 Å². The Kier molecular flexibility index (Phi) is 3.48. The minimum atomic E-state index is 0.0438. The minimum Gasteiger partial charge on any atom is -0.330 e. The normalized spacial score (nSPS) is 17.7. The van der Waals surface area contributed by atoms with Crippen molar-refractivity contribution in [2.75, 3.05) is 11.4 Å². The van der Waals surface area contributed by atoms with Crippen molar-refractivity contribution in [3.63, 3.8) is 0 Å². The highest BCUT2D eigenvalue weighted by Crippen LogP contribution is 2.33. The Bertz CT molecular complexity index is 497. The molecule has 1 aromatic carbocycles. The highest BCUT2D eigenvalue weighted by molar-refractivity contribution is 5.99. The van der Waals surface area contributed by atoms with E-state index in [1.165, 1.54) is 0 Å². The first kappa shape index (κ1) is 12.8. The lowest BCUT2D eigenvalue weighted by Crippen LogP contribution is -2.33. The highest BCUT2D eigenvalue weighted by Gasteiger charge is 2.29. The zero-order valence-corrected chi connectivity index (χ0v) is 10.8. The summed E-state index contributed by atoms with van der Waals surface area (Å²) >= 11 is 0. The maximum atomic E-state index is 11.8. The van der Waals surface area contributed by atoms with Crippen LogP contribution in [0.2, 0.25) is 0 Å². The van der Waals surface area contributed by atoms with Crippen molar-refractivity contribution in [2.24, 2.45) is 5.73 Å². The van der Waals surface area contributed by atoms with Gasteiger partial charge in [-0.15, -0.1) is 0 Å². The number of anilines is 1. The van der Waals surface area contributed by atoms with Crippen molar-refractivity contribution < 1.29 is 9.59 Å². The lowest BCUT2D eigenvalue weighted by atomic mass is 10.0. The van der Waals surface area contributed by atoms with E-state index in [1.54, 1.807) is 17.9 Å². The zero-order chi connectivity index (χ0) is 13.3. The van der Waals surface area contributed by atoms with Crippen molar-refractivity contribution in [3.8, 4) is 0 Å². The van der Waals surface area contributed by atoms with Crippen LogP contribution in [-0.2, 0) is 11.2 Å². The van der Waals surface area contributed by atoms with Gasteiger partial charge in [0.15, 0.2) is 5.78 Å². The van der Waals surface area contributed by atoms with E-state index >= 15 is 0 Å². The third kappa shape index (κ3) is 2.16. The molecule has 18 heavy (non-hydrogen) atoms. The Balaban J connectivity index is 2.33. The van der Waals surface area contributed by atoms with Gasteiger partial charge in [-0.05, 0) is 43.7 Å². The Morgan fingerprint density at radius 1 is 1.44 bits per heavy atom. The fourth-order valence-electron chi connectivity index (χ4n) is 2.56. The molecule has 0 aromatic heterocycles. The predicted octanol–water partition coefficient (Wildman–Crippen LogP) is 1.52. The minimum absolute atomic E-state index is 0.0438. The quantitative estimate of drug-likeness (QED) is 0.822. The second-order valence-corrected chi connectivity index (χ2v) is 4.75. The molecule has 0 saturated carbocycles. The molecule has 1 amide bonds. The number of benzene rings is 1. The van der Waals surface area contributed by atoms with Gasteiger partial charge in [0.2, 0.25) is 5.91 Å². The Morgan fingerprint density at radius 3 is 2.78 bits per heavy atom. The van der Waals surface area contributed by atoms with Crippen LogP contribution in [0.3, 0.4) is 0 Å². The zero-order valence-electron chi connectivity index (χ0n) is 10.8. The van der Waals surface area contributed by atoms with Gasteiger partial charge in [0.25, 0.3) is 0 Å². The number of amides is 1. The molecule has 1 aromatic rings. The summed E-state index contributed by atoms with van der Waals surface area (Å²) in [5.74, 6) is 0.108. The molecule has 0 saturated heterocycles. The number of nitrogens with two attached hydrogens (primary N) is 1. The van der Waals surface area contributed by atoms with Gasteiger partial charge in [0, 0.05) is 30.6 Å². The van der Waals surface area contributed by atoms with Crippen molar-refractivity contribution in [3.05, 3.63) is 29.3 Å². The number of nitrogens with zero attached hydrogens (tertiary/aromatic N) is 1. The van der Waals surface area contributed by atoms with E-state index < -0.39 is 0 Å². The number of fused-ring (bicyclic) bond motifs is 1. The Labute approximate surface area is 107 Å². The standard InChI is InChI=1S/C14H18N2O2/c1-9-7-12-8-11(14(18)5-6-15)3-4-13(12)16(9)10(2)17/h3-4,8-9H,5-7,15H2,1-2H3. The molecule has 0 fully saturated rings. The SMILES string of the molecule is CC(=O)N1c2ccc(C(=O)CCN)cc2CC1C. The number of Topliss-reactive ketones (excluding diaryl/α,β-unsaturated/α-hetero) is 1. The molecule has 4 nitrogen and oxygen atoms in total. The summed E-state index contributed by atoms with van der Waals surface area (Å²) in [6.45, 7) is 3.95. The summed E-state index contributed by atoms with van der Waals surface area (Å²) in [6.07, 6.45) is 1.17. The highest BCUT2D eigenvalue weighted by atomic mass is 16.2. The number of carbonyl (C=O) groups is 2. The van der Waals surface area contributed by atoms with Gasteiger partial charge in [0.05, 0.1) is 0 Å². The van der Waals surface area contributed by atoms with Crippen molar-refractivity contribution in [2.45, 2.75) is 32.7 Å². The van der Waals surface area contributed by atoms with Crippen LogP contribution in [0.15, 0.2) is 18.2 Å². The molecule has 1 aliphatic heterocycles. The molecule has 0 bridgehead atoms. The molecule has 1 aliphatic rings. The van der Waals surface area contributed by atoms with Crippen LogP contribution in [0.25, 0.3) is 0 Å². The lowest BCUT2D eigenvalue weighted by Gasteiger charge is -2.20. The van der Waals surface area contributed by atoms with Gasteiger partial charge in [0.1, 0.15) is 0 Å². The fraction of sp³-hybridized carbons (Fsp3) is 0.429. The van der Waals surface area contributed by atoms with E-state index in [9.17, 15) is 9.59 Å². The second kappa shape index (κ2) is 4.90. The van der Waals surface area contributed by atoms with Crippen LogP contribution >= 0.6 is 0 Å². The van der Waals surface area contributed by atoms with Gasteiger partial charge >= 0.3 is 0 Å². The summed E-state index contributed by atoms with van der Waals surface area (Å²) in [4.78, 5) is 25.1. The van der Waals surface area contributed by atoms with Gasteiger partial charge < -0.3 is 10.6 Å². The molecule has 4 heteroatoms. The Morgan fingerprint density at radius 2 is 2.17 bits per heavy atom. The maximum Gasteiger partial charge on any atom is 0.224 e. The van der Waals surface area contributed by atoms with Crippen LogP contribution in [0, 0.1) is 0 Å². The predicted molar refractivity (Wildman–Crippen MR) is 70.8 cm³/mol. The lowest BCUT2D eigenvalue weighted by molar-refractivity contribution is -0.116. The van der Waals surface area contributed by atoms with E-state index in [1.807, 2.05) is 19.1 Å². The smallest absolute Gasteiger partial charge is 0.224 e. The summed E-state index contributed by atoms with van der Waals surface area (Å²) in [6, 6.07) is 5.71. The molecule has 1 unspecified atom stereocenters. The third-order valence-corrected chi connectivity index (χ3v) is 3.33. The maximum absolute atomic E-state index is 11.8. The van der Waals surface area contributed by atoms with Crippen molar-refractivity contribution >= 4 is 17.4 Å². The van der Waals surface area contributed by atoms with Gasteiger partial charge in [-0.1, -0.05) is 0 Å². The molecular weight excluding hydrogens is 228 g/mol. The van der Waals surface area contributed by atoms with E-state index in [-0.39, 0.29) is 17.7 Å². The van der Waals surface area contributed by atoms with Crippen LogP contribution < -0.4 is 10.6 Å². The summed E-state index contributed by atoms with van der Waals surface area (Å²) in [7, 11) is 0. The summed E-state index contributed by atoms with van der Waals surface area (Å²) in [5, 5.41) is 0. The first-order chi connectivity index (χ1) is 8.54. The average molecular weight is 246 g/mol. The summed E-state index contributed by atoms with van der Waals surface area (Å²) in [5.41, 5.74) is 8.08. The molecule has 0 radical (unpaired) electrons. The summed E-state index contributed by atoms with van der Waals surface area (Å²) < 4.78 is 0. The Hall–Kier alpha value is -1.68. The van der Waals surface area contributed by atoms with Gasteiger partial charge in [-0.25, -0.2) is 0 Å². The fourth-order valence-corrected chi connectivity index (χ4v) is 2.56. The molecule has 2 rings (SSSR count). The van der Waals surface area contributed by atoms with Crippen LogP contribution in [0.1, 0.15) is 36.2 Å². The number of hydrogen-bond donors (Lipinski definition) is 1. The van der Waals surface area contributed by atoms with Crippen molar-refractivity contribution in [1.29, 1.82) is 0 Å². The number of rotatable bonds is 3. The third-order valence-electron chi connectivity index (χ3n) is 3.33. The molecule has 0 spiro atoms. The molecule has 1 atom stereocenters.